The van der Waals surface area contributed by atoms with Gasteiger partial charge in [-0.15, -0.1) is 24.0 Å². The van der Waals surface area contributed by atoms with Crippen LogP contribution in [0.2, 0.25) is 0 Å². The fourth-order valence-electron chi connectivity index (χ4n) is 3.36. The monoisotopic (exact) mass is 475 g/mol. The molecular weight excluding hydrogens is 445 g/mol. The third kappa shape index (κ3) is 5.25. The second kappa shape index (κ2) is 10.6. The highest BCUT2D eigenvalue weighted by Gasteiger charge is 2.36. The molecule has 146 valence electrons. The number of rotatable bonds is 5. The lowest BCUT2D eigenvalue weighted by Crippen LogP contribution is -2.42. The fourth-order valence-corrected chi connectivity index (χ4v) is 3.36. The third-order valence-corrected chi connectivity index (χ3v) is 4.86. The van der Waals surface area contributed by atoms with Gasteiger partial charge in [0.05, 0.1) is 20.1 Å². The van der Waals surface area contributed by atoms with E-state index in [-0.39, 0.29) is 47.7 Å². The highest BCUT2D eigenvalue weighted by molar-refractivity contribution is 14.0. The van der Waals surface area contributed by atoms with Crippen LogP contribution in [-0.4, -0.2) is 57.7 Å². The number of hydrogen-bond donors (Lipinski definition) is 1. The number of para-hydroxylation sites is 1. The first-order valence-electron chi connectivity index (χ1n) is 8.68. The van der Waals surface area contributed by atoms with Gasteiger partial charge in [0.2, 0.25) is 0 Å². The SMILES string of the molecule is CN=C(NCC(C)c1ccccc1OC)N1CC(C)C(C(=O)OC)C1.I. The first-order chi connectivity index (χ1) is 12.0. The van der Waals surface area contributed by atoms with Crippen molar-refractivity contribution in [2.45, 2.75) is 19.8 Å². The van der Waals surface area contributed by atoms with Gasteiger partial charge in [0.15, 0.2) is 5.96 Å². The summed E-state index contributed by atoms with van der Waals surface area (Å²) >= 11 is 0. The minimum absolute atomic E-state index is 0. The maximum atomic E-state index is 11.9. The maximum absolute atomic E-state index is 11.9. The lowest BCUT2D eigenvalue weighted by atomic mass is 9.99. The largest absolute Gasteiger partial charge is 0.496 e. The average Bonchev–Trinajstić information content (AvgIpc) is 3.02. The molecule has 1 saturated heterocycles. The van der Waals surface area contributed by atoms with Crippen molar-refractivity contribution in [1.29, 1.82) is 0 Å². The summed E-state index contributed by atoms with van der Waals surface area (Å²) in [7, 11) is 4.91. The molecule has 6 nitrogen and oxygen atoms in total. The molecule has 7 heteroatoms. The zero-order valence-corrected chi connectivity index (χ0v) is 18.5. The van der Waals surface area contributed by atoms with Crippen molar-refractivity contribution in [2.75, 3.05) is 40.9 Å². The summed E-state index contributed by atoms with van der Waals surface area (Å²) in [5, 5.41) is 3.43. The van der Waals surface area contributed by atoms with E-state index in [2.05, 4.69) is 35.1 Å². The van der Waals surface area contributed by atoms with Gasteiger partial charge in [-0.2, -0.15) is 0 Å². The first-order valence-corrected chi connectivity index (χ1v) is 8.68. The molecule has 1 N–H and O–H groups in total. The highest BCUT2D eigenvalue weighted by Crippen LogP contribution is 2.26. The molecule has 0 bridgehead atoms. The minimum Gasteiger partial charge on any atom is -0.496 e. The molecule has 0 amide bonds. The van der Waals surface area contributed by atoms with E-state index in [9.17, 15) is 4.79 Å². The Kier molecular flexibility index (Phi) is 9.18. The molecule has 1 aromatic carbocycles. The number of carbonyl (C=O) groups is 1. The second-order valence-corrected chi connectivity index (χ2v) is 6.58. The van der Waals surface area contributed by atoms with E-state index in [4.69, 9.17) is 9.47 Å². The molecule has 0 radical (unpaired) electrons. The van der Waals surface area contributed by atoms with Gasteiger partial charge < -0.3 is 19.7 Å². The van der Waals surface area contributed by atoms with Crippen molar-refractivity contribution < 1.29 is 14.3 Å². The minimum atomic E-state index is -0.146. The summed E-state index contributed by atoms with van der Waals surface area (Å²) in [5.41, 5.74) is 1.16. The topological polar surface area (TPSA) is 63.2 Å². The fraction of sp³-hybridized carbons (Fsp3) is 0.579. The molecule has 0 aliphatic carbocycles. The number of likely N-dealkylation sites (tertiary alicyclic amines) is 1. The normalized spacial score (nSPS) is 21.0. The zero-order valence-electron chi connectivity index (χ0n) is 16.2. The lowest BCUT2D eigenvalue weighted by molar-refractivity contribution is -0.145. The van der Waals surface area contributed by atoms with Crippen LogP contribution in [0.5, 0.6) is 5.75 Å². The summed E-state index contributed by atoms with van der Waals surface area (Å²) in [4.78, 5) is 18.4. The van der Waals surface area contributed by atoms with Gasteiger partial charge in [0.1, 0.15) is 5.75 Å². The van der Waals surface area contributed by atoms with Crippen LogP contribution in [-0.2, 0) is 9.53 Å². The standard InChI is InChI=1S/C19H29N3O3.HI/c1-13(15-8-6-7-9-17(15)24-4)10-21-19(20-3)22-11-14(2)16(12-22)18(23)25-5;/h6-9,13-14,16H,10-12H2,1-5H3,(H,20,21);1H. The predicted molar refractivity (Wildman–Crippen MR) is 114 cm³/mol. The number of nitrogens with one attached hydrogen (secondary N) is 1. The Labute approximate surface area is 173 Å². The summed E-state index contributed by atoms with van der Waals surface area (Å²) in [6.07, 6.45) is 0. The molecule has 1 aliphatic heterocycles. The van der Waals surface area contributed by atoms with Crippen LogP contribution in [0.25, 0.3) is 0 Å². The number of hydrogen-bond acceptors (Lipinski definition) is 4. The van der Waals surface area contributed by atoms with Crippen LogP contribution < -0.4 is 10.1 Å². The number of nitrogens with zero attached hydrogens (tertiary/aromatic N) is 2. The van der Waals surface area contributed by atoms with Gasteiger partial charge >= 0.3 is 5.97 Å². The Balaban J connectivity index is 0.00000338. The quantitative estimate of drug-likeness (QED) is 0.307. The number of esters is 1. The number of halogens is 1. The highest BCUT2D eigenvalue weighted by atomic mass is 127. The summed E-state index contributed by atoms with van der Waals surface area (Å²) in [6, 6.07) is 8.05. The molecule has 1 aliphatic rings. The van der Waals surface area contributed by atoms with Crippen molar-refractivity contribution in [3.05, 3.63) is 29.8 Å². The number of benzene rings is 1. The average molecular weight is 475 g/mol. The Morgan fingerprint density at radius 2 is 2.04 bits per heavy atom. The molecule has 3 unspecified atom stereocenters. The van der Waals surface area contributed by atoms with Crippen molar-refractivity contribution in [1.82, 2.24) is 10.2 Å². The van der Waals surface area contributed by atoms with Crippen molar-refractivity contribution in [2.24, 2.45) is 16.8 Å². The van der Waals surface area contributed by atoms with E-state index < -0.39 is 0 Å². The van der Waals surface area contributed by atoms with Gasteiger partial charge in [-0.05, 0) is 17.5 Å². The Bertz CT molecular complexity index is 624. The van der Waals surface area contributed by atoms with Crippen LogP contribution in [0.4, 0.5) is 0 Å². The van der Waals surface area contributed by atoms with E-state index in [0.29, 0.717) is 6.54 Å². The van der Waals surface area contributed by atoms with E-state index in [1.807, 2.05) is 18.2 Å². The molecule has 1 heterocycles. The Morgan fingerprint density at radius 1 is 1.35 bits per heavy atom. The number of aliphatic imine (C=N–C) groups is 1. The molecule has 1 aromatic rings. The molecule has 1 fully saturated rings. The molecule has 0 saturated carbocycles. The molecule has 3 atom stereocenters. The Morgan fingerprint density at radius 3 is 2.65 bits per heavy atom. The third-order valence-electron chi connectivity index (χ3n) is 4.86. The zero-order chi connectivity index (χ0) is 18.4. The van der Waals surface area contributed by atoms with Crippen LogP contribution in [0.3, 0.4) is 0 Å². The van der Waals surface area contributed by atoms with E-state index >= 15 is 0 Å². The van der Waals surface area contributed by atoms with Crippen molar-refractivity contribution in [3.63, 3.8) is 0 Å². The van der Waals surface area contributed by atoms with Gasteiger partial charge in [-0.3, -0.25) is 9.79 Å². The van der Waals surface area contributed by atoms with Gasteiger partial charge in [-0.1, -0.05) is 32.0 Å². The van der Waals surface area contributed by atoms with Gasteiger partial charge in [0, 0.05) is 32.6 Å². The van der Waals surface area contributed by atoms with E-state index in [0.717, 1.165) is 30.4 Å². The number of ether oxygens (including phenoxy) is 2. The Hall–Kier alpha value is -1.51. The van der Waals surface area contributed by atoms with Crippen LogP contribution in [0.1, 0.15) is 25.3 Å². The summed E-state index contributed by atoms with van der Waals surface area (Å²) in [5.74, 6) is 1.98. The smallest absolute Gasteiger partial charge is 0.310 e. The lowest BCUT2D eigenvalue weighted by Gasteiger charge is -2.24. The molecule has 26 heavy (non-hydrogen) atoms. The van der Waals surface area contributed by atoms with Gasteiger partial charge in [0.25, 0.3) is 0 Å². The van der Waals surface area contributed by atoms with Crippen molar-refractivity contribution >= 4 is 35.9 Å². The molecular formula is C19H30IN3O3. The summed E-state index contributed by atoms with van der Waals surface area (Å²) < 4.78 is 10.4. The van der Waals surface area contributed by atoms with E-state index in [1.165, 1.54) is 7.11 Å². The number of guanidine groups is 1. The maximum Gasteiger partial charge on any atom is 0.310 e. The molecule has 0 aromatic heterocycles. The first kappa shape index (κ1) is 22.5. The number of methoxy groups -OCH3 is 2. The van der Waals surface area contributed by atoms with Gasteiger partial charge in [-0.25, -0.2) is 0 Å². The number of carbonyl (C=O) groups excluding carboxylic acids is 1. The van der Waals surface area contributed by atoms with Crippen molar-refractivity contribution in [3.8, 4) is 5.75 Å². The predicted octanol–water partition coefficient (Wildman–Crippen LogP) is 2.73. The van der Waals surface area contributed by atoms with Crippen LogP contribution in [0.15, 0.2) is 29.3 Å². The molecule has 0 spiro atoms. The molecule has 2 rings (SSSR count). The van der Waals surface area contributed by atoms with Crippen LogP contribution in [0, 0.1) is 11.8 Å². The van der Waals surface area contributed by atoms with Crippen LogP contribution >= 0.6 is 24.0 Å². The summed E-state index contributed by atoms with van der Waals surface area (Å²) in [6.45, 7) is 6.40. The second-order valence-electron chi connectivity index (χ2n) is 6.58. The van der Waals surface area contributed by atoms with E-state index in [1.54, 1.807) is 14.2 Å².